The van der Waals surface area contributed by atoms with Gasteiger partial charge in [0.15, 0.2) is 5.82 Å². The largest absolute Gasteiger partial charge is 0.379 e. The van der Waals surface area contributed by atoms with Crippen molar-refractivity contribution in [2.75, 3.05) is 34.4 Å². The predicted molar refractivity (Wildman–Crippen MR) is 58.1 cm³/mol. The highest BCUT2D eigenvalue weighted by Crippen LogP contribution is 2.24. The van der Waals surface area contributed by atoms with Gasteiger partial charge in [0.1, 0.15) is 0 Å². The van der Waals surface area contributed by atoms with Gasteiger partial charge in [0.05, 0.1) is 25.7 Å². The van der Waals surface area contributed by atoms with E-state index in [-0.39, 0.29) is 12.0 Å². The molecule has 2 unspecified atom stereocenters. The van der Waals surface area contributed by atoms with Crippen LogP contribution >= 0.6 is 0 Å². The van der Waals surface area contributed by atoms with Crippen LogP contribution in [0.15, 0.2) is 4.52 Å². The first-order valence-electron chi connectivity index (χ1n) is 5.43. The molecular weight excluding hydrogens is 208 g/mol. The molecule has 0 bridgehead atoms. The van der Waals surface area contributed by atoms with Crippen LogP contribution in [-0.2, 0) is 11.3 Å². The maximum absolute atomic E-state index is 5.40. The molecule has 1 aromatic heterocycles. The Balaban J connectivity index is 2.06. The van der Waals surface area contributed by atoms with Gasteiger partial charge < -0.3 is 19.5 Å². The SMILES string of the molecule is CNC1COCC1c1nc(CN(C)C)no1. The van der Waals surface area contributed by atoms with Crippen LogP contribution in [0.2, 0.25) is 0 Å². The molecule has 6 nitrogen and oxygen atoms in total. The van der Waals surface area contributed by atoms with E-state index in [0.29, 0.717) is 25.6 Å². The molecule has 2 atom stereocenters. The van der Waals surface area contributed by atoms with E-state index in [0.717, 1.165) is 5.82 Å². The third-order valence-electron chi connectivity index (χ3n) is 2.71. The van der Waals surface area contributed by atoms with Gasteiger partial charge >= 0.3 is 0 Å². The summed E-state index contributed by atoms with van der Waals surface area (Å²) in [5.74, 6) is 1.57. The normalized spacial score (nSPS) is 25.5. The first-order valence-corrected chi connectivity index (χ1v) is 5.43. The van der Waals surface area contributed by atoms with Crippen molar-refractivity contribution in [2.24, 2.45) is 0 Å². The van der Waals surface area contributed by atoms with Crippen molar-refractivity contribution in [3.63, 3.8) is 0 Å². The summed E-state index contributed by atoms with van der Waals surface area (Å²) in [5, 5.41) is 7.16. The number of ether oxygens (including phenoxy) is 1. The van der Waals surface area contributed by atoms with Crippen molar-refractivity contribution < 1.29 is 9.26 Å². The zero-order valence-electron chi connectivity index (χ0n) is 9.93. The Kier molecular flexibility index (Phi) is 3.52. The van der Waals surface area contributed by atoms with E-state index in [1.165, 1.54) is 0 Å². The predicted octanol–water partition coefficient (Wildman–Crippen LogP) is -0.167. The summed E-state index contributed by atoms with van der Waals surface area (Å²) >= 11 is 0. The van der Waals surface area contributed by atoms with Crippen molar-refractivity contribution in [3.8, 4) is 0 Å². The summed E-state index contributed by atoms with van der Waals surface area (Å²) in [6.45, 7) is 2.04. The summed E-state index contributed by atoms with van der Waals surface area (Å²) < 4.78 is 10.7. The number of nitrogens with one attached hydrogen (secondary N) is 1. The molecule has 16 heavy (non-hydrogen) atoms. The number of aromatic nitrogens is 2. The summed E-state index contributed by atoms with van der Waals surface area (Å²) in [6, 6.07) is 0.271. The van der Waals surface area contributed by atoms with E-state index < -0.39 is 0 Å². The van der Waals surface area contributed by atoms with Crippen molar-refractivity contribution in [3.05, 3.63) is 11.7 Å². The van der Waals surface area contributed by atoms with Gasteiger partial charge in [-0.25, -0.2) is 0 Å². The molecule has 0 saturated carbocycles. The van der Waals surface area contributed by atoms with E-state index in [9.17, 15) is 0 Å². The van der Waals surface area contributed by atoms with Gasteiger partial charge in [-0.1, -0.05) is 5.16 Å². The first-order chi connectivity index (χ1) is 7.70. The summed E-state index contributed by atoms with van der Waals surface area (Å²) in [6.07, 6.45) is 0. The Morgan fingerprint density at radius 2 is 2.25 bits per heavy atom. The van der Waals surface area contributed by atoms with Gasteiger partial charge in [-0.15, -0.1) is 0 Å². The zero-order valence-corrected chi connectivity index (χ0v) is 9.93. The smallest absolute Gasteiger partial charge is 0.233 e. The van der Waals surface area contributed by atoms with Crippen LogP contribution in [0.5, 0.6) is 0 Å². The quantitative estimate of drug-likeness (QED) is 0.769. The topological polar surface area (TPSA) is 63.4 Å². The van der Waals surface area contributed by atoms with Crippen LogP contribution in [0.3, 0.4) is 0 Å². The van der Waals surface area contributed by atoms with E-state index in [4.69, 9.17) is 9.26 Å². The molecule has 0 spiro atoms. The molecule has 1 aliphatic heterocycles. The molecule has 0 amide bonds. The van der Waals surface area contributed by atoms with E-state index in [1.807, 2.05) is 26.0 Å². The molecule has 2 rings (SSSR count). The second-order valence-corrected chi connectivity index (χ2v) is 4.33. The van der Waals surface area contributed by atoms with Crippen LogP contribution < -0.4 is 5.32 Å². The Labute approximate surface area is 95.0 Å². The minimum absolute atomic E-state index is 0.174. The molecule has 6 heteroatoms. The van der Waals surface area contributed by atoms with Crippen LogP contribution in [-0.4, -0.2) is 55.4 Å². The minimum Gasteiger partial charge on any atom is -0.379 e. The molecule has 1 saturated heterocycles. The summed E-state index contributed by atoms with van der Waals surface area (Å²) in [7, 11) is 5.87. The third-order valence-corrected chi connectivity index (χ3v) is 2.71. The second kappa shape index (κ2) is 4.90. The van der Waals surface area contributed by atoms with Gasteiger partial charge in [0.25, 0.3) is 0 Å². The number of rotatable bonds is 4. The molecule has 0 radical (unpaired) electrons. The average molecular weight is 226 g/mol. The highest BCUT2D eigenvalue weighted by Gasteiger charge is 2.32. The van der Waals surface area contributed by atoms with Gasteiger partial charge in [-0.3, -0.25) is 0 Å². The second-order valence-electron chi connectivity index (χ2n) is 4.33. The van der Waals surface area contributed by atoms with E-state index in [1.54, 1.807) is 0 Å². The van der Waals surface area contributed by atoms with Crippen molar-refractivity contribution in [1.29, 1.82) is 0 Å². The van der Waals surface area contributed by atoms with Crippen molar-refractivity contribution in [1.82, 2.24) is 20.4 Å². The molecule has 0 aromatic carbocycles. The lowest BCUT2D eigenvalue weighted by Crippen LogP contribution is -2.31. The lowest BCUT2D eigenvalue weighted by Gasteiger charge is -2.11. The number of hydrogen-bond donors (Lipinski definition) is 1. The monoisotopic (exact) mass is 226 g/mol. The molecule has 1 fully saturated rings. The maximum Gasteiger partial charge on any atom is 0.233 e. The summed E-state index contributed by atoms with van der Waals surface area (Å²) in [4.78, 5) is 6.40. The maximum atomic E-state index is 5.40. The third kappa shape index (κ3) is 2.40. The Morgan fingerprint density at radius 3 is 2.94 bits per heavy atom. The standard InChI is InChI=1S/C10H18N4O2/c1-11-8-6-15-5-7(8)10-12-9(13-16-10)4-14(2)3/h7-8,11H,4-6H2,1-3H3. The fourth-order valence-corrected chi connectivity index (χ4v) is 1.85. The Hall–Kier alpha value is -0.980. The molecular formula is C10H18N4O2. The van der Waals surface area contributed by atoms with Crippen LogP contribution in [0.1, 0.15) is 17.6 Å². The number of nitrogens with zero attached hydrogens (tertiary/aromatic N) is 3. The Morgan fingerprint density at radius 1 is 1.44 bits per heavy atom. The lowest BCUT2D eigenvalue weighted by atomic mass is 10.0. The fourth-order valence-electron chi connectivity index (χ4n) is 1.85. The highest BCUT2D eigenvalue weighted by atomic mass is 16.5. The van der Waals surface area contributed by atoms with Crippen molar-refractivity contribution in [2.45, 2.75) is 18.5 Å². The Bertz CT molecular complexity index is 339. The van der Waals surface area contributed by atoms with E-state index in [2.05, 4.69) is 15.5 Å². The van der Waals surface area contributed by atoms with Crippen LogP contribution in [0.25, 0.3) is 0 Å². The van der Waals surface area contributed by atoms with Gasteiger partial charge in [0, 0.05) is 6.04 Å². The molecule has 90 valence electrons. The zero-order chi connectivity index (χ0) is 11.5. The molecule has 0 aliphatic carbocycles. The number of hydrogen-bond acceptors (Lipinski definition) is 6. The van der Waals surface area contributed by atoms with Crippen molar-refractivity contribution >= 4 is 0 Å². The van der Waals surface area contributed by atoms with Crippen LogP contribution in [0, 0.1) is 0 Å². The molecule has 1 aromatic rings. The number of likely N-dealkylation sites (N-methyl/N-ethyl adjacent to an activating group) is 1. The minimum atomic E-state index is 0.174. The van der Waals surface area contributed by atoms with Gasteiger partial charge in [0.2, 0.25) is 5.89 Å². The molecule has 1 aliphatic rings. The summed E-state index contributed by atoms with van der Waals surface area (Å²) in [5.41, 5.74) is 0. The fraction of sp³-hybridized carbons (Fsp3) is 0.800. The van der Waals surface area contributed by atoms with Gasteiger partial charge in [-0.2, -0.15) is 4.98 Å². The average Bonchev–Trinajstić information content (AvgIpc) is 2.83. The first kappa shape index (κ1) is 11.5. The van der Waals surface area contributed by atoms with Crippen LogP contribution in [0.4, 0.5) is 0 Å². The molecule has 2 heterocycles. The highest BCUT2D eigenvalue weighted by molar-refractivity contribution is 5.02. The van der Waals surface area contributed by atoms with Gasteiger partial charge in [-0.05, 0) is 21.1 Å². The molecule has 1 N–H and O–H groups in total. The lowest BCUT2D eigenvalue weighted by molar-refractivity contribution is 0.185. The van der Waals surface area contributed by atoms with E-state index >= 15 is 0 Å².